The van der Waals surface area contributed by atoms with Crippen LogP contribution in [0.3, 0.4) is 0 Å². The summed E-state index contributed by atoms with van der Waals surface area (Å²) in [5, 5.41) is 3.46. The van der Waals surface area contributed by atoms with Gasteiger partial charge in [0.1, 0.15) is 0 Å². The highest BCUT2D eigenvalue weighted by Crippen LogP contribution is 2.34. The lowest BCUT2D eigenvalue weighted by molar-refractivity contribution is 0.174. The van der Waals surface area contributed by atoms with Gasteiger partial charge in [-0.15, -0.1) is 0 Å². The number of thioether (sulfide) groups is 1. The fourth-order valence-corrected chi connectivity index (χ4v) is 2.95. The van der Waals surface area contributed by atoms with Crippen LogP contribution in [0.25, 0.3) is 0 Å². The Balaban J connectivity index is 1.63. The largest absolute Gasteiger partial charge is 0.454 e. The second kappa shape index (κ2) is 5.21. The number of hydrogen-bond donors (Lipinski definition) is 1. The number of ether oxygens (including phenoxy) is 2. The van der Waals surface area contributed by atoms with Crippen LogP contribution >= 0.6 is 11.8 Å². The molecule has 0 spiro atoms. The number of nitrogens with zero attached hydrogens (tertiary/aromatic N) is 1. The molecule has 2 aliphatic heterocycles. The van der Waals surface area contributed by atoms with E-state index in [1.807, 2.05) is 28.8 Å². The average molecular weight is 280 g/mol. The third-order valence-electron chi connectivity index (χ3n) is 3.39. The molecule has 2 heterocycles. The standard InChI is InChI=1S/C13H16N2O3S/c1-19-10-4-5-15(7-10)13(16)14-9-2-3-11-12(6-9)18-8-17-11/h2-3,6,10H,4-5,7-8H2,1H3,(H,14,16)/t10-/m0/s1. The molecule has 0 bridgehead atoms. The topological polar surface area (TPSA) is 50.8 Å². The van der Waals surface area contributed by atoms with Gasteiger partial charge in [0.25, 0.3) is 0 Å². The Kier molecular flexibility index (Phi) is 3.42. The molecule has 6 heteroatoms. The highest BCUT2D eigenvalue weighted by Gasteiger charge is 2.25. The molecular formula is C13H16N2O3S. The summed E-state index contributed by atoms with van der Waals surface area (Å²) in [5.41, 5.74) is 0.738. The van der Waals surface area contributed by atoms with Crippen molar-refractivity contribution in [2.24, 2.45) is 0 Å². The molecule has 1 atom stereocenters. The normalized spacial score (nSPS) is 20.7. The summed E-state index contributed by atoms with van der Waals surface area (Å²) in [5.74, 6) is 1.41. The van der Waals surface area contributed by atoms with E-state index in [-0.39, 0.29) is 12.8 Å². The molecule has 2 amide bonds. The van der Waals surface area contributed by atoms with E-state index in [1.54, 1.807) is 6.07 Å². The van der Waals surface area contributed by atoms with Gasteiger partial charge in [-0.1, -0.05) is 0 Å². The average Bonchev–Trinajstić information content (AvgIpc) is 3.06. The van der Waals surface area contributed by atoms with Gasteiger partial charge < -0.3 is 19.7 Å². The van der Waals surface area contributed by atoms with E-state index in [2.05, 4.69) is 11.6 Å². The van der Waals surface area contributed by atoms with Crippen LogP contribution in [0.15, 0.2) is 18.2 Å². The minimum absolute atomic E-state index is 0.0459. The van der Waals surface area contributed by atoms with E-state index in [0.717, 1.165) is 30.9 Å². The maximum Gasteiger partial charge on any atom is 0.321 e. The maximum absolute atomic E-state index is 12.1. The molecular weight excluding hydrogens is 264 g/mol. The van der Waals surface area contributed by atoms with E-state index in [4.69, 9.17) is 9.47 Å². The number of fused-ring (bicyclic) bond motifs is 1. The lowest BCUT2D eigenvalue weighted by Gasteiger charge is -2.17. The minimum Gasteiger partial charge on any atom is -0.454 e. The molecule has 1 saturated heterocycles. The van der Waals surface area contributed by atoms with Crippen LogP contribution in [0, 0.1) is 0 Å². The number of benzene rings is 1. The molecule has 0 aliphatic carbocycles. The first-order chi connectivity index (χ1) is 9.26. The van der Waals surface area contributed by atoms with Gasteiger partial charge in [0.2, 0.25) is 6.79 Å². The molecule has 0 saturated carbocycles. The smallest absolute Gasteiger partial charge is 0.321 e. The Hall–Kier alpha value is -1.56. The van der Waals surface area contributed by atoms with Gasteiger partial charge in [-0.05, 0) is 24.8 Å². The van der Waals surface area contributed by atoms with Crippen molar-refractivity contribution in [2.45, 2.75) is 11.7 Å². The van der Waals surface area contributed by atoms with Gasteiger partial charge >= 0.3 is 6.03 Å². The molecule has 3 rings (SSSR count). The molecule has 1 aromatic carbocycles. The van der Waals surface area contributed by atoms with Crippen LogP contribution in [0.4, 0.5) is 10.5 Å². The monoisotopic (exact) mass is 280 g/mol. The number of amides is 2. The van der Waals surface area contributed by atoms with Crippen LogP contribution in [-0.4, -0.2) is 42.3 Å². The Morgan fingerprint density at radius 3 is 3.05 bits per heavy atom. The van der Waals surface area contributed by atoms with Crippen LogP contribution in [0.1, 0.15) is 6.42 Å². The first-order valence-electron chi connectivity index (χ1n) is 6.24. The number of anilines is 1. The minimum atomic E-state index is -0.0459. The number of nitrogens with one attached hydrogen (secondary N) is 1. The number of likely N-dealkylation sites (tertiary alicyclic amines) is 1. The third kappa shape index (κ3) is 2.58. The number of rotatable bonds is 2. The number of carbonyl (C=O) groups is 1. The van der Waals surface area contributed by atoms with Crippen molar-refractivity contribution in [3.8, 4) is 11.5 Å². The van der Waals surface area contributed by atoms with E-state index in [9.17, 15) is 4.79 Å². The van der Waals surface area contributed by atoms with Crippen molar-refractivity contribution in [1.82, 2.24) is 4.90 Å². The molecule has 5 nitrogen and oxygen atoms in total. The number of carbonyl (C=O) groups excluding carboxylic acids is 1. The second-order valence-corrected chi connectivity index (χ2v) is 5.73. The van der Waals surface area contributed by atoms with Crippen molar-refractivity contribution in [1.29, 1.82) is 0 Å². The van der Waals surface area contributed by atoms with E-state index < -0.39 is 0 Å². The van der Waals surface area contributed by atoms with Crippen molar-refractivity contribution in [3.63, 3.8) is 0 Å². The van der Waals surface area contributed by atoms with Crippen molar-refractivity contribution >= 4 is 23.5 Å². The van der Waals surface area contributed by atoms with E-state index >= 15 is 0 Å². The van der Waals surface area contributed by atoms with E-state index in [1.165, 1.54) is 0 Å². The Morgan fingerprint density at radius 2 is 2.26 bits per heavy atom. The highest BCUT2D eigenvalue weighted by atomic mass is 32.2. The van der Waals surface area contributed by atoms with Gasteiger partial charge in [-0.25, -0.2) is 4.79 Å². The lowest BCUT2D eigenvalue weighted by atomic mass is 10.3. The fourth-order valence-electron chi connectivity index (χ4n) is 2.28. The zero-order valence-corrected chi connectivity index (χ0v) is 11.5. The van der Waals surface area contributed by atoms with Crippen LogP contribution < -0.4 is 14.8 Å². The van der Waals surface area contributed by atoms with Crippen molar-refractivity contribution in [3.05, 3.63) is 18.2 Å². The van der Waals surface area contributed by atoms with E-state index in [0.29, 0.717) is 11.0 Å². The van der Waals surface area contributed by atoms with Gasteiger partial charge in [-0.3, -0.25) is 0 Å². The summed E-state index contributed by atoms with van der Waals surface area (Å²) in [6.45, 7) is 1.88. The Labute approximate surface area is 116 Å². The summed E-state index contributed by atoms with van der Waals surface area (Å²) in [6, 6.07) is 5.39. The lowest BCUT2D eigenvalue weighted by Crippen LogP contribution is -2.33. The SMILES string of the molecule is CS[C@H]1CCN(C(=O)Nc2ccc3c(c2)OCO3)C1. The van der Waals surface area contributed by atoms with Crippen molar-refractivity contribution in [2.75, 3.05) is 31.5 Å². The highest BCUT2D eigenvalue weighted by molar-refractivity contribution is 7.99. The summed E-state index contributed by atoms with van der Waals surface area (Å²) in [4.78, 5) is 14.0. The predicted molar refractivity (Wildman–Crippen MR) is 75.1 cm³/mol. The van der Waals surface area contributed by atoms with Crippen LogP contribution in [-0.2, 0) is 0 Å². The third-order valence-corrected chi connectivity index (χ3v) is 4.44. The molecule has 1 N–H and O–H groups in total. The predicted octanol–water partition coefficient (Wildman–Crippen LogP) is 2.38. The molecule has 1 aromatic rings. The molecule has 2 aliphatic rings. The van der Waals surface area contributed by atoms with Crippen LogP contribution in [0.5, 0.6) is 11.5 Å². The molecule has 0 aromatic heterocycles. The second-order valence-electron chi connectivity index (χ2n) is 4.59. The molecule has 19 heavy (non-hydrogen) atoms. The zero-order valence-electron chi connectivity index (χ0n) is 10.7. The number of hydrogen-bond acceptors (Lipinski definition) is 4. The molecule has 0 radical (unpaired) electrons. The molecule has 102 valence electrons. The Bertz CT molecular complexity index is 495. The first-order valence-corrected chi connectivity index (χ1v) is 7.53. The quantitative estimate of drug-likeness (QED) is 0.903. The summed E-state index contributed by atoms with van der Waals surface area (Å²) in [7, 11) is 0. The van der Waals surface area contributed by atoms with Gasteiger partial charge in [0.15, 0.2) is 11.5 Å². The summed E-state index contributed by atoms with van der Waals surface area (Å²) < 4.78 is 10.5. The maximum atomic E-state index is 12.1. The van der Waals surface area contributed by atoms with Gasteiger partial charge in [0, 0.05) is 30.1 Å². The Morgan fingerprint density at radius 1 is 1.42 bits per heavy atom. The molecule has 1 fully saturated rings. The molecule has 0 unspecified atom stereocenters. The summed E-state index contributed by atoms with van der Waals surface area (Å²) in [6.07, 6.45) is 3.15. The first kappa shape index (κ1) is 12.5. The zero-order chi connectivity index (χ0) is 13.2. The van der Waals surface area contributed by atoms with Crippen LogP contribution in [0.2, 0.25) is 0 Å². The van der Waals surface area contributed by atoms with Gasteiger partial charge in [0.05, 0.1) is 0 Å². The van der Waals surface area contributed by atoms with Gasteiger partial charge in [-0.2, -0.15) is 11.8 Å². The fraction of sp³-hybridized carbons (Fsp3) is 0.462. The number of urea groups is 1. The summed E-state index contributed by atoms with van der Waals surface area (Å²) >= 11 is 1.82. The van der Waals surface area contributed by atoms with Crippen molar-refractivity contribution < 1.29 is 14.3 Å².